The Hall–Kier alpha value is -2.91. The largest absolute Gasteiger partial charge is 0.506 e. The van der Waals surface area contributed by atoms with Gasteiger partial charge in [-0.05, 0) is 80.5 Å². The highest BCUT2D eigenvalue weighted by Crippen LogP contribution is 2.32. The highest BCUT2D eigenvalue weighted by molar-refractivity contribution is 7.92. The van der Waals surface area contributed by atoms with Gasteiger partial charge in [0.05, 0.1) is 29.5 Å². The topological polar surface area (TPSA) is 166 Å². The molecule has 232 valence electrons. The van der Waals surface area contributed by atoms with Gasteiger partial charge in [-0.15, -0.1) is 0 Å². The van der Waals surface area contributed by atoms with Gasteiger partial charge in [0.15, 0.2) is 0 Å². The summed E-state index contributed by atoms with van der Waals surface area (Å²) in [5, 5.41) is 23.9. The monoisotopic (exact) mass is 624 g/mol. The molecule has 42 heavy (non-hydrogen) atoms. The van der Waals surface area contributed by atoms with E-state index >= 15 is 0 Å². The summed E-state index contributed by atoms with van der Waals surface area (Å²) in [6, 6.07) is 11.2. The number of hydrogen-bond donors (Lipinski definition) is 4. The SMILES string of the molecule is CCOC(=O)CN(CC1CC1)S(=O)(=O)c1ccc(N2CCC(NC[C@H](O)c3ccc(O)c(NS(C)(=O)=O)c3)CC2)cc1. The predicted molar refractivity (Wildman–Crippen MR) is 159 cm³/mol. The maximum atomic E-state index is 13.3. The van der Waals surface area contributed by atoms with Crippen LogP contribution in [0.1, 0.15) is 44.3 Å². The number of carbonyl (C=O) groups excluding carboxylic acids is 1. The third kappa shape index (κ3) is 8.80. The molecule has 2 aromatic rings. The van der Waals surface area contributed by atoms with Gasteiger partial charge in [0.2, 0.25) is 20.0 Å². The average Bonchev–Trinajstić information content (AvgIpc) is 3.76. The van der Waals surface area contributed by atoms with Gasteiger partial charge in [-0.25, -0.2) is 16.8 Å². The molecule has 0 aromatic heterocycles. The van der Waals surface area contributed by atoms with Crippen LogP contribution in [0, 0.1) is 5.92 Å². The molecule has 14 heteroatoms. The van der Waals surface area contributed by atoms with Gasteiger partial charge in [-0.2, -0.15) is 4.31 Å². The number of piperidine rings is 1. The van der Waals surface area contributed by atoms with Crippen molar-refractivity contribution < 1.29 is 36.6 Å². The molecule has 2 aliphatic rings. The zero-order valence-electron chi connectivity index (χ0n) is 23.9. The fraction of sp³-hybridized carbons (Fsp3) is 0.536. The van der Waals surface area contributed by atoms with Crippen molar-refractivity contribution in [1.29, 1.82) is 0 Å². The Bertz CT molecular complexity index is 1440. The lowest BCUT2D eigenvalue weighted by atomic mass is 10.0. The second kappa shape index (κ2) is 13.6. The first kappa shape index (κ1) is 32.0. The second-order valence-corrected chi connectivity index (χ2v) is 14.6. The van der Waals surface area contributed by atoms with Crippen molar-refractivity contribution in [1.82, 2.24) is 9.62 Å². The maximum absolute atomic E-state index is 13.3. The summed E-state index contributed by atoms with van der Waals surface area (Å²) < 4.78 is 58.2. The molecule has 4 N–H and O–H groups in total. The van der Waals surface area contributed by atoms with Gasteiger partial charge in [0.25, 0.3) is 0 Å². The maximum Gasteiger partial charge on any atom is 0.321 e. The first-order valence-electron chi connectivity index (χ1n) is 14.1. The van der Waals surface area contributed by atoms with E-state index in [-0.39, 0.29) is 48.0 Å². The number of aliphatic hydroxyl groups excluding tert-OH is 1. The van der Waals surface area contributed by atoms with Crippen LogP contribution in [0.3, 0.4) is 0 Å². The summed E-state index contributed by atoms with van der Waals surface area (Å²) in [6.45, 7) is 3.62. The molecule has 1 atom stereocenters. The lowest BCUT2D eigenvalue weighted by molar-refractivity contribution is -0.143. The van der Waals surface area contributed by atoms with E-state index in [1.807, 2.05) is 0 Å². The molecule has 1 aliphatic heterocycles. The first-order valence-corrected chi connectivity index (χ1v) is 17.4. The van der Waals surface area contributed by atoms with Gasteiger partial charge in [-0.1, -0.05) is 6.07 Å². The Labute approximate surface area is 247 Å². The standard InChI is InChI=1S/C28H40N4O8S2/c1-3-40-28(35)19-32(18-20-4-5-20)42(38,39)24-9-7-23(8-10-24)31-14-12-22(13-15-31)29-17-27(34)21-6-11-26(33)25(16-21)30-41(2,36)37/h6-11,16,20,22,27,29-30,33-34H,3-5,12-15,17-19H2,1-2H3/t27-/m0/s1. The lowest BCUT2D eigenvalue weighted by Crippen LogP contribution is -2.43. The third-order valence-electron chi connectivity index (χ3n) is 7.40. The molecule has 0 amide bonds. The summed E-state index contributed by atoms with van der Waals surface area (Å²) in [7, 11) is -7.43. The Morgan fingerprint density at radius 1 is 1.07 bits per heavy atom. The van der Waals surface area contributed by atoms with Crippen LogP contribution in [0.2, 0.25) is 0 Å². The molecule has 12 nitrogen and oxygen atoms in total. The number of phenols is 1. The van der Waals surface area contributed by atoms with E-state index in [9.17, 15) is 31.8 Å². The van der Waals surface area contributed by atoms with Crippen molar-refractivity contribution in [2.24, 2.45) is 5.92 Å². The molecular weight excluding hydrogens is 584 g/mol. The summed E-state index contributed by atoms with van der Waals surface area (Å²) >= 11 is 0. The Morgan fingerprint density at radius 3 is 2.33 bits per heavy atom. The van der Waals surface area contributed by atoms with Crippen LogP contribution >= 0.6 is 0 Å². The highest BCUT2D eigenvalue weighted by atomic mass is 32.2. The minimum Gasteiger partial charge on any atom is -0.506 e. The minimum atomic E-state index is -3.85. The summed E-state index contributed by atoms with van der Waals surface area (Å²) in [5.41, 5.74) is 1.38. The molecule has 4 rings (SSSR count). The molecule has 1 saturated carbocycles. The van der Waals surface area contributed by atoms with Crippen LogP contribution in [0.4, 0.5) is 11.4 Å². The average molecular weight is 625 g/mol. The molecule has 0 unspecified atom stereocenters. The number of sulfonamides is 2. The number of nitrogens with zero attached hydrogens (tertiary/aromatic N) is 2. The fourth-order valence-electron chi connectivity index (χ4n) is 4.95. The number of benzene rings is 2. The van der Waals surface area contributed by atoms with Crippen molar-refractivity contribution in [3.05, 3.63) is 48.0 Å². The number of phenolic OH excluding ortho intramolecular Hbond substituents is 1. The number of aromatic hydroxyl groups is 1. The highest BCUT2D eigenvalue weighted by Gasteiger charge is 2.33. The normalized spacial score (nSPS) is 17.3. The Morgan fingerprint density at radius 2 is 1.74 bits per heavy atom. The zero-order valence-corrected chi connectivity index (χ0v) is 25.5. The molecule has 1 heterocycles. The van der Waals surface area contributed by atoms with E-state index in [1.165, 1.54) is 16.4 Å². The van der Waals surface area contributed by atoms with E-state index < -0.39 is 32.1 Å². The van der Waals surface area contributed by atoms with Gasteiger partial charge in [0, 0.05) is 37.9 Å². The fourth-order valence-corrected chi connectivity index (χ4v) is 6.97. The second-order valence-electron chi connectivity index (χ2n) is 10.9. The molecule has 2 aromatic carbocycles. The van der Waals surface area contributed by atoms with E-state index in [0.29, 0.717) is 12.1 Å². The van der Waals surface area contributed by atoms with Crippen molar-refractivity contribution >= 4 is 37.4 Å². The van der Waals surface area contributed by atoms with Crippen molar-refractivity contribution in [2.45, 2.75) is 49.6 Å². The molecular formula is C28H40N4O8S2. The Balaban J connectivity index is 1.30. The van der Waals surface area contributed by atoms with Gasteiger partial charge >= 0.3 is 5.97 Å². The number of anilines is 2. The number of nitrogens with one attached hydrogen (secondary N) is 2. The number of carbonyl (C=O) groups is 1. The third-order valence-corrected chi connectivity index (χ3v) is 9.82. The van der Waals surface area contributed by atoms with Crippen LogP contribution in [-0.4, -0.2) is 89.0 Å². The summed E-state index contributed by atoms with van der Waals surface area (Å²) in [5.74, 6) is -0.506. The van der Waals surface area contributed by atoms with Crippen LogP contribution < -0.4 is 14.9 Å². The minimum absolute atomic E-state index is 0.01000. The van der Waals surface area contributed by atoms with E-state index in [0.717, 1.165) is 50.7 Å². The molecule has 1 saturated heterocycles. The predicted octanol–water partition coefficient (Wildman–Crippen LogP) is 2.02. The van der Waals surface area contributed by atoms with Crippen LogP contribution in [0.15, 0.2) is 47.4 Å². The first-order chi connectivity index (χ1) is 19.9. The lowest BCUT2D eigenvalue weighted by Gasteiger charge is -2.34. The molecule has 0 spiro atoms. The molecule has 0 radical (unpaired) electrons. The molecule has 2 fully saturated rings. The smallest absolute Gasteiger partial charge is 0.321 e. The van der Waals surface area contributed by atoms with Crippen LogP contribution in [-0.2, 0) is 29.6 Å². The zero-order chi connectivity index (χ0) is 30.5. The van der Waals surface area contributed by atoms with Crippen molar-refractivity contribution in [2.75, 3.05) is 55.2 Å². The van der Waals surface area contributed by atoms with Gasteiger partial charge < -0.3 is 25.2 Å². The van der Waals surface area contributed by atoms with Gasteiger partial charge in [-0.3, -0.25) is 9.52 Å². The number of rotatable bonds is 14. The molecule has 1 aliphatic carbocycles. The van der Waals surface area contributed by atoms with E-state index in [2.05, 4.69) is 14.9 Å². The van der Waals surface area contributed by atoms with E-state index in [4.69, 9.17) is 4.74 Å². The van der Waals surface area contributed by atoms with Crippen molar-refractivity contribution in [3.8, 4) is 5.75 Å². The summed E-state index contributed by atoms with van der Waals surface area (Å²) in [4.78, 5) is 14.4. The quantitative estimate of drug-likeness (QED) is 0.180. The van der Waals surface area contributed by atoms with E-state index in [1.54, 1.807) is 37.3 Å². The Kier molecular flexibility index (Phi) is 10.4. The number of aliphatic hydroxyl groups is 1. The van der Waals surface area contributed by atoms with Crippen molar-refractivity contribution in [3.63, 3.8) is 0 Å². The molecule has 0 bridgehead atoms. The van der Waals surface area contributed by atoms with Gasteiger partial charge in [0.1, 0.15) is 12.3 Å². The van der Waals surface area contributed by atoms with Crippen LogP contribution in [0.25, 0.3) is 0 Å². The summed E-state index contributed by atoms with van der Waals surface area (Å²) in [6.07, 6.45) is 3.60. The number of hydrogen-bond acceptors (Lipinski definition) is 10. The number of esters is 1. The van der Waals surface area contributed by atoms with Crippen LogP contribution in [0.5, 0.6) is 5.75 Å². The number of ether oxygens (including phenoxy) is 1.